The molecule has 0 radical (unpaired) electrons. The molecule has 1 amide bonds. The SMILES string of the molecule is O=C(Nc1ccnc(Cl)c1)c1cccc(Cl)c1[N+](=O)[O-]. The number of hydrogen-bond donors (Lipinski definition) is 1. The van der Waals surface area contributed by atoms with Gasteiger partial charge in [0.05, 0.1) is 4.92 Å². The van der Waals surface area contributed by atoms with Gasteiger partial charge in [-0.25, -0.2) is 4.98 Å². The molecule has 2 rings (SSSR count). The minimum Gasteiger partial charge on any atom is -0.322 e. The van der Waals surface area contributed by atoms with E-state index < -0.39 is 16.5 Å². The number of anilines is 1. The van der Waals surface area contributed by atoms with E-state index in [-0.39, 0.29) is 15.7 Å². The van der Waals surface area contributed by atoms with Crippen LogP contribution < -0.4 is 5.32 Å². The number of nitro benzene ring substituents is 1. The summed E-state index contributed by atoms with van der Waals surface area (Å²) >= 11 is 11.4. The molecule has 20 heavy (non-hydrogen) atoms. The minimum atomic E-state index is -0.698. The highest BCUT2D eigenvalue weighted by molar-refractivity contribution is 6.33. The first kappa shape index (κ1) is 14.2. The fraction of sp³-hybridized carbons (Fsp3) is 0. The molecule has 1 aromatic heterocycles. The molecule has 1 aromatic carbocycles. The molecule has 0 aliphatic carbocycles. The van der Waals surface area contributed by atoms with E-state index in [1.165, 1.54) is 36.5 Å². The highest BCUT2D eigenvalue weighted by Crippen LogP contribution is 2.28. The number of rotatable bonds is 3. The van der Waals surface area contributed by atoms with Crippen LogP contribution in [-0.4, -0.2) is 15.8 Å². The van der Waals surface area contributed by atoms with Crippen LogP contribution in [0.1, 0.15) is 10.4 Å². The van der Waals surface area contributed by atoms with Gasteiger partial charge in [0.15, 0.2) is 0 Å². The molecule has 0 bridgehead atoms. The van der Waals surface area contributed by atoms with E-state index in [2.05, 4.69) is 10.3 Å². The fourth-order valence-corrected chi connectivity index (χ4v) is 1.98. The van der Waals surface area contributed by atoms with Crippen LogP contribution in [0, 0.1) is 10.1 Å². The summed E-state index contributed by atoms with van der Waals surface area (Å²) in [6, 6.07) is 7.07. The van der Waals surface area contributed by atoms with E-state index >= 15 is 0 Å². The van der Waals surface area contributed by atoms with Gasteiger partial charge >= 0.3 is 5.69 Å². The molecule has 0 aliphatic heterocycles. The Balaban J connectivity index is 2.35. The summed E-state index contributed by atoms with van der Waals surface area (Å²) in [6.07, 6.45) is 1.41. The minimum absolute atomic E-state index is 0.101. The Morgan fingerprint density at radius 3 is 2.70 bits per heavy atom. The summed E-state index contributed by atoms with van der Waals surface area (Å²) in [6.45, 7) is 0. The second-order valence-corrected chi connectivity index (χ2v) is 4.51. The molecule has 0 unspecified atom stereocenters. The van der Waals surface area contributed by atoms with E-state index in [0.29, 0.717) is 5.69 Å². The second-order valence-electron chi connectivity index (χ2n) is 3.71. The highest BCUT2D eigenvalue weighted by Gasteiger charge is 2.23. The molecule has 2 aromatic rings. The Labute approximate surface area is 123 Å². The maximum Gasteiger partial charge on any atom is 0.300 e. The quantitative estimate of drug-likeness (QED) is 0.533. The maximum absolute atomic E-state index is 12.1. The zero-order valence-electron chi connectivity index (χ0n) is 9.84. The number of aromatic nitrogens is 1. The number of nitro groups is 1. The number of nitrogens with one attached hydrogen (secondary N) is 1. The molecule has 0 saturated carbocycles. The van der Waals surface area contributed by atoms with E-state index in [1.807, 2.05) is 0 Å². The summed E-state index contributed by atoms with van der Waals surface area (Å²) < 4.78 is 0. The molecule has 6 nitrogen and oxygen atoms in total. The number of para-hydroxylation sites is 1. The molecule has 1 N–H and O–H groups in total. The van der Waals surface area contributed by atoms with Gasteiger partial charge in [-0.3, -0.25) is 14.9 Å². The monoisotopic (exact) mass is 311 g/mol. The van der Waals surface area contributed by atoms with Gasteiger partial charge in [-0.05, 0) is 24.3 Å². The Bertz CT molecular complexity index is 691. The van der Waals surface area contributed by atoms with Crippen LogP contribution in [0.4, 0.5) is 11.4 Å². The van der Waals surface area contributed by atoms with Gasteiger partial charge < -0.3 is 5.32 Å². The Morgan fingerprint density at radius 1 is 1.30 bits per heavy atom. The lowest BCUT2D eigenvalue weighted by atomic mass is 10.1. The van der Waals surface area contributed by atoms with Gasteiger partial charge in [0, 0.05) is 11.9 Å². The number of hydrogen-bond acceptors (Lipinski definition) is 4. The lowest BCUT2D eigenvalue weighted by Gasteiger charge is -2.06. The summed E-state index contributed by atoms with van der Waals surface area (Å²) in [4.78, 5) is 26.1. The predicted octanol–water partition coefficient (Wildman–Crippen LogP) is 3.55. The third-order valence-corrected chi connectivity index (χ3v) is 2.91. The number of nitrogens with zero attached hydrogens (tertiary/aromatic N) is 2. The van der Waals surface area contributed by atoms with Crippen molar-refractivity contribution >= 4 is 40.5 Å². The first-order valence-electron chi connectivity index (χ1n) is 5.35. The van der Waals surface area contributed by atoms with Crippen LogP contribution in [0.25, 0.3) is 0 Å². The van der Waals surface area contributed by atoms with Crippen molar-refractivity contribution in [3.8, 4) is 0 Å². The Hall–Kier alpha value is -2.18. The topological polar surface area (TPSA) is 85.1 Å². The average Bonchev–Trinajstić information content (AvgIpc) is 2.37. The average molecular weight is 312 g/mol. The number of carbonyl (C=O) groups excluding carboxylic acids is 1. The zero-order valence-corrected chi connectivity index (χ0v) is 11.4. The molecule has 0 spiro atoms. The smallest absolute Gasteiger partial charge is 0.300 e. The summed E-state index contributed by atoms with van der Waals surface area (Å²) in [7, 11) is 0. The zero-order chi connectivity index (χ0) is 14.7. The molecular weight excluding hydrogens is 305 g/mol. The molecule has 8 heteroatoms. The normalized spacial score (nSPS) is 10.1. The van der Waals surface area contributed by atoms with E-state index in [1.54, 1.807) is 0 Å². The third kappa shape index (κ3) is 3.04. The van der Waals surface area contributed by atoms with Crippen molar-refractivity contribution in [2.24, 2.45) is 0 Å². The first-order chi connectivity index (χ1) is 9.49. The van der Waals surface area contributed by atoms with Crippen LogP contribution in [0.5, 0.6) is 0 Å². The molecule has 0 atom stereocenters. The summed E-state index contributed by atoms with van der Waals surface area (Å²) in [5.41, 5.74) is -0.188. The van der Waals surface area contributed by atoms with Crippen molar-refractivity contribution < 1.29 is 9.72 Å². The molecule has 1 heterocycles. The highest BCUT2D eigenvalue weighted by atomic mass is 35.5. The molecule has 0 saturated heterocycles. The van der Waals surface area contributed by atoms with Crippen molar-refractivity contribution in [3.05, 3.63) is 62.4 Å². The van der Waals surface area contributed by atoms with Gasteiger partial charge in [-0.2, -0.15) is 0 Å². The molecule has 0 aliphatic rings. The Morgan fingerprint density at radius 2 is 2.05 bits per heavy atom. The molecular formula is C12H7Cl2N3O3. The fourth-order valence-electron chi connectivity index (χ4n) is 1.56. The van der Waals surface area contributed by atoms with Gasteiger partial charge in [-0.15, -0.1) is 0 Å². The van der Waals surface area contributed by atoms with Crippen LogP contribution in [0.3, 0.4) is 0 Å². The number of halogens is 2. The van der Waals surface area contributed by atoms with Gasteiger partial charge in [0.25, 0.3) is 5.91 Å². The van der Waals surface area contributed by atoms with Crippen molar-refractivity contribution in [1.29, 1.82) is 0 Å². The van der Waals surface area contributed by atoms with Gasteiger partial charge in [0.2, 0.25) is 0 Å². The first-order valence-corrected chi connectivity index (χ1v) is 6.10. The van der Waals surface area contributed by atoms with Gasteiger partial charge in [0.1, 0.15) is 15.7 Å². The number of carbonyl (C=O) groups is 1. The van der Waals surface area contributed by atoms with Crippen LogP contribution in [-0.2, 0) is 0 Å². The largest absolute Gasteiger partial charge is 0.322 e. The number of benzene rings is 1. The lowest BCUT2D eigenvalue weighted by Crippen LogP contribution is -2.14. The standard InChI is InChI=1S/C12H7Cl2N3O3/c13-9-3-1-2-8(11(9)17(19)20)12(18)16-7-4-5-15-10(14)6-7/h1-6H,(H,15,16,18). The van der Waals surface area contributed by atoms with E-state index in [9.17, 15) is 14.9 Å². The van der Waals surface area contributed by atoms with Crippen molar-refractivity contribution in [1.82, 2.24) is 4.98 Å². The summed E-state index contributed by atoms with van der Waals surface area (Å²) in [5.74, 6) is -0.651. The van der Waals surface area contributed by atoms with Crippen LogP contribution in [0.2, 0.25) is 10.2 Å². The van der Waals surface area contributed by atoms with E-state index in [0.717, 1.165) is 0 Å². The van der Waals surface area contributed by atoms with Gasteiger partial charge in [-0.1, -0.05) is 29.3 Å². The van der Waals surface area contributed by atoms with Crippen LogP contribution >= 0.6 is 23.2 Å². The van der Waals surface area contributed by atoms with Crippen molar-refractivity contribution in [3.63, 3.8) is 0 Å². The number of pyridine rings is 1. The maximum atomic E-state index is 12.1. The number of amides is 1. The van der Waals surface area contributed by atoms with Crippen LogP contribution in [0.15, 0.2) is 36.5 Å². The molecule has 0 fully saturated rings. The summed E-state index contributed by atoms with van der Waals surface area (Å²) in [5, 5.41) is 13.6. The second kappa shape index (κ2) is 5.85. The lowest BCUT2D eigenvalue weighted by molar-refractivity contribution is -0.385. The third-order valence-electron chi connectivity index (χ3n) is 2.40. The van der Waals surface area contributed by atoms with E-state index in [4.69, 9.17) is 23.2 Å². The molecule has 102 valence electrons. The Kier molecular flexibility index (Phi) is 4.16. The van der Waals surface area contributed by atoms with Crippen molar-refractivity contribution in [2.45, 2.75) is 0 Å². The predicted molar refractivity (Wildman–Crippen MR) is 75.3 cm³/mol. The van der Waals surface area contributed by atoms with Crippen molar-refractivity contribution in [2.75, 3.05) is 5.32 Å².